The van der Waals surface area contributed by atoms with Crippen LogP contribution in [0.2, 0.25) is 0 Å². The number of sulfonamides is 1. The first-order valence-corrected chi connectivity index (χ1v) is 6.60. The normalized spacial score (nSPS) is 21.2. The molecule has 4 nitrogen and oxygen atoms in total. The van der Waals surface area contributed by atoms with E-state index in [-0.39, 0.29) is 6.54 Å². The van der Waals surface area contributed by atoms with E-state index in [0.29, 0.717) is 25.9 Å². The van der Waals surface area contributed by atoms with Crippen molar-refractivity contribution in [3.63, 3.8) is 0 Å². The van der Waals surface area contributed by atoms with E-state index in [2.05, 4.69) is 0 Å². The van der Waals surface area contributed by atoms with E-state index in [1.54, 1.807) is 4.90 Å². The van der Waals surface area contributed by atoms with Gasteiger partial charge in [-0.05, 0) is 25.9 Å². The molecule has 0 aromatic rings. The molecule has 0 atom stereocenters. The Morgan fingerprint density at radius 3 is 2.12 bits per heavy atom. The first-order valence-electron chi connectivity index (χ1n) is 4.99. The minimum Gasteiger partial charge on any atom is -0.303 e. The highest BCUT2D eigenvalue weighted by Gasteiger charge is 2.31. The standard InChI is InChI=1S/C8H15F3N2O2S/c9-8(10,11)3-6-13-4-1-7(2-5-13)16(12,14)15/h7H,1-6H2,(H2,12,14,15). The van der Waals surface area contributed by atoms with Crippen LogP contribution in [0.3, 0.4) is 0 Å². The molecule has 1 fully saturated rings. The van der Waals surface area contributed by atoms with Crippen LogP contribution in [-0.4, -0.2) is 44.4 Å². The quantitative estimate of drug-likeness (QED) is 0.812. The lowest BCUT2D eigenvalue weighted by Crippen LogP contribution is -2.42. The summed E-state index contributed by atoms with van der Waals surface area (Å²) < 4.78 is 57.8. The fourth-order valence-corrected chi connectivity index (χ4v) is 2.61. The summed E-state index contributed by atoms with van der Waals surface area (Å²) in [5.74, 6) is 0. The zero-order valence-corrected chi connectivity index (χ0v) is 9.52. The maximum absolute atomic E-state index is 11.9. The Bertz CT molecular complexity index is 321. The van der Waals surface area contributed by atoms with Gasteiger partial charge in [0.25, 0.3) is 0 Å². The van der Waals surface area contributed by atoms with Crippen molar-refractivity contribution in [1.29, 1.82) is 0 Å². The molecular weight excluding hydrogens is 245 g/mol. The Balaban J connectivity index is 2.33. The molecule has 0 radical (unpaired) electrons. The fraction of sp³-hybridized carbons (Fsp3) is 1.00. The molecule has 0 bridgehead atoms. The van der Waals surface area contributed by atoms with Gasteiger partial charge in [-0.3, -0.25) is 0 Å². The molecule has 8 heteroatoms. The van der Waals surface area contributed by atoms with Crippen molar-refractivity contribution in [2.24, 2.45) is 5.14 Å². The molecule has 1 aliphatic heterocycles. The topological polar surface area (TPSA) is 63.4 Å². The number of alkyl halides is 3. The molecule has 0 saturated carbocycles. The van der Waals surface area contributed by atoms with Gasteiger partial charge in [0.05, 0.1) is 11.7 Å². The number of nitrogens with two attached hydrogens (primary N) is 1. The summed E-state index contributed by atoms with van der Waals surface area (Å²) in [5, 5.41) is 4.37. The SMILES string of the molecule is NS(=O)(=O)C1CCN(CCC(F)(F)F)CC1. The number of halogens is 3. The van der Waals surface area contributed by atoms with Crippen molar-refractivity contribution in [1.82, 2.24) is 4.90 Å². The number of nitrogens with zero attached hydrogens (tertiary/aromatic N) is 1. The van der Waals surface area contributed by atoms with E-state index in [4.69, 9.17) is 5.14 Å². The third-order valence-corrected chi connectivity index (χ3v) is 4.11. The van der Waals surface area contributed by atoms with Crippen molar-refractivity contribution in [2.75, 3.05) is 19.6 Å². The Kier molecular flexibility index (Phi) is 4.19. The summed E-state index contributed by atoms with van der Waals surface area (Å²) in [4.78, 5) is 1.62. The van der Waals surface area contributed by atoms with Gasteiger partial charge in [-0.1, -0.05) is 0 Å². The Morgan fingerprint density at radius 1 is 1.25 bits per heavy atom. The van der Waals surface area contributed by atoms with Crippen LogP contribution in [0.4, 0.5) is 13.2 Å². The van der Waals surface area contributed by atoms with Crippen molar-refractivity contribution in [2.45, 2.75) is 30.7 Å². The second-order valence-corrected chi connectivity index (χ2v) is 5.84. The van der Waals surface area contributed by atoms with Gasteiger partial charge in [-0.2, -0.15) is 13.2 Å². The first-order chi connectivity index (χ1) is 7.18. The van der Waals surface area contributed by atoms with Gasteiger partial charge in [0.15, 0.2) is 0 Å². The maximum Gasteiger partial charge on any atom is 0.390 e. The van der Waals surface area contributed by atoms with Gasteiger partial charge in [0.2, 0.25) is 10.0 Å². The summed E-state index contributed by atoms with van der Waals surface area (Å²) in [7, 11) is -3.54. The maximum atomic E-state index is 11.9. The number of hydrogen-bond donors (Lipinski definition) is 1. The van der Waals surface area contributed by atoms with E-state index in [1.807, 2.05) is 0 Å². The molecule has 0 amide bonds. The highest BCUT2D eigenvalue weighted by atomic mass is 32.2. The molecule has 0 aromatic heterocycles. The van der Waals surface area contributed by atoms with Gasteiger partial charge in [0, 0.05) is 6.54 Å². The van der Waals surface area contributed by atoms with Crippen LogP contribution in [0.1, 0.15) is 19.3 Å². The first kappa shape index (κ1) is 13.7. The zero-order chi connectivity index (χ0) is 12.4. The molecule has 0 unspecified atom stereocenters. The molecule has 0 spiro atoms. The average molecular weight is 260 g/mol. The molecule has 1 rings (SSSR count). The smallest absolute Gasteiger partial charge is 0.303 e. The molecule has 0 aromatic carbocycles. The van der Waals surface area contributed by atoms with Crippen LogP contribution in [0, 0.1) is 0 Å². The van der Waals surface area contributed by atoms with Gasteiger partial charge in [0.1, 0.15) is 0 Å². The Hall–Kier alpha value is -0.340. The Morgan fingerprint density at radius 2 is 1.75 bits per heavy atom. The van der Waals surface area contributed by atoms with Crippen LogP contribution in [-0.2, 0) is 10.0 Å². The average Bonchev–Trinajstić information content (AvgIpc) is 2.13. The van der Waals surface area contributed by atoms with Gasteiger partial charge < -0.3 is 4.90 Å². The number of piperidine rings is 1. The van der Waals surface area contributed by atoms with Crippen LogP contribution < -0.4 is 5.14 Å². The van der Waals surface area contributed by atoms with Crippen molar-refractivity contribution < 1.29 is 21.6 Å². The molecule has 1 aliphatic rings. The fourth-order valence-electron chi connectivity index (χ4n) is 1.75. The summed E-state index contributed by atoms with van der Waals surface area (Å²) >= 11 is 0. The summed E-state index contributed by atoms with van der Waals surface area (Å²) in [6.07, 6.45) is -4.38. The predicted molar refractivity (Wildman–Crippen MR) is 53.2 cm³/mol. The Labute approximate surface area is 92.6 Å². The third-order valence-electron chi connectivity index (χ3n) is 2.71. The van der Waals surface area contributed by atoms with E-state index in [9.17, 15) is 21.6 Å². The minimum absolute atomic E-state index is 0.0686. The molecule has 16 heavy (non-hydrogen) atoms. The number of hydrogen-bond acceptors (Lipinski definition) is 3. The van der Waals surface area contributed by atoms with E-state index in [0.717, 1.165) is 0 Å². The lowest BCUT2D eigenvalue weighted by molar-refractivity contribution is -0.138. The molecule has 96 valence electrons. The molecular formula is C8H15F3N2O2S. The minimum atomic E-state index is -4.16. The van der Waals surface area contributed by atoms with Crippen molar-refractivity contribution >= 4 is 10.0 Å². The van der Waals surface area contributed by atoms with Crippen LogP contribution in [0.25, 0.3) is 0 Å². The summed E-state index contributed by atoms with van der Waals surface area (Å²) in [6.45, 7) is 0.648. The largest absolute Gasteiger partial charge is 0.390 e. The lowest BCUT2D eigenvalue weighted by atomic mass is 10.1. The van der Waals surface area contributed by atoms with Crippen LogP contribution in [0.15, 0.2) is 0 Å². The third kappa shape index (κ3) is 4.67. The number of rotatable bonds is 3. The van der Waals surface area contributed by atoms with Gasteiger partial charge in [-0.25, -0.2) is 13.6 Å². The van der Waals surface area contributed by atoms with Crippen LogP contribution in [0.5, 0.6) is 0 Å². The highest BCUT2D eigenvalue weighted by molar-refractivity contribution is 7.89. The molecule has 0 aliphatic carbocycles. The van der Waals surface area contributed by atoms with E-state index >= 15 is 0 Å². The summed E-state index contributed by atoms with van der Waals surface area (Å²) in [5.41, 5.74) is 0. The molecule has 1 heterocycles. The van der Waals surface area contributed by atoms with Gasteiger partial charge in [-0.15, -0.1) is 0 Å². The number of primary sulfonamides is 1. The van der Waals surface area contributed by atoms with Crippen molar-refractivity contribution in [3.05, 3.63) is 0 Å². The van der Waals surface area contributed by atoms with Gasteiger partial charge >= 0.3 is 6.18 Å². The van der Waals surface area contributed by atoms with E-state index in [1.165, 1.54) is 0 Å². The zero-order valence-electron chi connectivity index (χ0n) is 8.70. The van der Waals surface area contributed by atoms with Crippen molar-refractivity contribution in [3.8, 4) is 0 Å². The lowest BCUT2D eigenvalue weighted by Gasteiger charge is -2.30. The second-order valence-electron chi connectivity index (χ2n) is 4.00. The number of likely N-dealkylation sites (tertiary alicyclic amines) is 1. The highest BCUT2D eigenvalue weighted by Crippen LogP contribution is 2.22. The monoisotopic (exact) mass is 260 g/mol. The second kappa shape index (κ2) is 4.89. The van der Waals surface area contributed by atoms with E-state index < -0.39 is 27.9 Å². The van der Waals surface area contributed by atoms with Crippen LogP contribution >= 0.6 is 0 Å². The predicted octanol–water partition coefficient (Wildman–Crippen LogP) is 0.692. The summed E-state index contributed by atoms with van der Waals surface area (Å²) in [6, 6.07) is 0. The molecule has 2 N–H and O–H groups in total. The molecule has 1 saturated heterocycles.